The number of ether oxygens (including phenoxy) is 2. The Morgan fingerprint density at radius 3 is 2.55 bits per heavy atom. The van der Waals surface area contributed by atoms with Gasteiger partial charge in [0.2, 0.25) is 11.8 Å². The Kier molecular flexibility index (Phi) is 2.40. The van der Waals surface area contributed by atoms with E-state index in [2.05, 4.69) is 9.47 Å². The molecule has 2 aliphatic heterocycles. The molecule has 0 saturated carbocycles. The summed E-state index contributed by atoms with van der Waals surface area (Å²) in [5, 5.41) is 1.95. The van der Waals surface area contributed by atoms with Crippen molar-refractivity contribution in [2.24, 2.45) is 0 Å². The molecule has 7 nitrogen and oxygen atoms in total. The van der Waals surface area contributed by atoms with Gasteiger partial charge in [0.25, 0.3) is 0 Å². The zero-order chi connectivity index (χ0) is 14.5. The summed E-state index contributed by atoms with van der Waals surface area (Å²) >= 11 is 0. The highest BCUT2D eigenvalue weighted by atomic mass is 19.3. The molecule has 2 heterocycles. The van der Waals surface area contributed by atoms with E-state index in [-0.39, 0.29) is 17.2 Å². The van der Waals surface area contributed by atoms with Crippen LogP contribution < -0.4 is 19.7 Å². The molecule has 0 bridgehead atoms. The number of benzene rings is 1. The second-order valence-electron chi connectivity index (χ2n) is 4.06. The number of halogens is 2. The van der Waals surface area contributed by atoms with Crippen molar-refractivity contribution in [1.82, 2.24) is 5.32 Å². The van der Waals surface area contributed by atoms with Crippen LogP contribution in [0.5, 0.6) is 11.5 Å². The SMILES string of the molecule is O=C1CC(=O)N(c2ccc3c(c2)OC(F)(F)O3)C(=O)N1. The molecule has 4 amide bonds. The number of rotatable bonds is 1. The maximum atomic E-state index is 12.9. The first-order chi connectivity index (χ1) is 9.35. The molecule has 20 heavy (non-hydrogen) atoms. The average molecular weight is 284 g/mol. The van der Waals surface area contributed by atoms with Crippen LogP contribution >= 0.6 is 0 Å². The van der Waals surface area contributed by atoms with Crippen molar-refractivity contribution >= 4 is 23.5 Å². The highest BCUT2D eigenvalue weighted by Gasteiger charge is 2.44. The first-order valence-corrected chi connectivity index (χ1v) is 5.42. The monoisotopic (exact) mass is 284 g/mol. The van der Waals surface area contributed by atoms with Gasteiger partial charge in [0.05, 0.1) is 5.69 Å². The Morgan fingerprint density at radius 2 is 1.85 bits per heavy atom. The van der Waals surface area contributed by atoms with Gasteiger partial charge in [-0.2, -0.15) is 0 Å². The minimum Gasteiger partial charge on any atom is -0.395 e. The first-order valence-electron chi connectivity index (χ1n) is 5.42. The number of barbiturate groups is 1. The van der Waals surface area contributed by atoms with E-state index < -0.39 is 30.6 Å². The lowest BCUT2D eigenvalue weighted by molar-refractivity contribution is -0.286. The average Bonchev–Trinajstić information content (AvgIpc) is 2.60. The molecule has 1 saturated heterocycles. The van der Waals surface area contributed by atoms with Crippen molar-refractivity contribution in [3.8, 4) is 11.5 Å². The number of nitrogens with one attached hydrogen (secondary N) is 1. The number of hydrogen-bond acceptors (Lipinski definition) is 5. The third-order valence-corrected chi connectivity index (χ3v) is 2.65. The fraction of sp³-hybridized carbons (Fsp3) is 0.182. The summed E-state index contributed by atoms with van der Waals surface area (Å²) in [5.41, 5.74) is 0.0000463. The minimum atomic E-state index is -3.79. The summed E-state index contributed by atoms with van der Waals surface area (Å²) in [5.74, 6) is -1.99. The number of hydrogen-bond donors (Lipinski definition) is 1. The Balaban J connectivity index is 1.95. The largest absolute Gasteiger partial charge is 0.586 e. The van der Waals surface area contributed by atoms with Crippen molar-refractivity contribution < 1.29 is 32.6 Å². The maximum absolute atomic E-state index is 12.9. The summed E-state index contributed by atoms with van der Waals surface area (Å²) in [6.07, 6.45) is -4.29. The van der Waals surface area contributed by atoms with Crippen LogP contribution in [0.3, 0.4) is 0 Å². The minimum absolute atomic E-state index is 0.0000463. The van der Waals surface area contributed by atoms with E-state index in [1.807, 2.05) is 5.32 Å². The van der Waals surface area contributed by atoms with Crippen LogP contribution in [0, 0.1) is 0 Å². The first kappa shape index (κ1) is 12.3. The topological polar surface area (TPSA) is 84.9 Å². The van der Waals surface area contributed by atoms with Gasteiger partial charge in [-0.25, -0.2) is 9.69 Å². The molecule has 104 valence electrons. The van der Waals surface area contributed by atoms with Gasteiger partial charge < -0.3 is 9.47 Å². The van der Waals surface area contributed by atoms with Crippen LogP contribution in [0.4, 0.5) is 19.3 Å². The predicted molar refractivity (Wildman–Crippen MR) is 58.3 cm³/mol. The zero-order valence-electron chi connectivity index (χ0n) is 9.68. The van der Waals surface area contributed by atoms with Gasteiger partial charge in [0.15, 0.2) is 11.5 Å². The number of carbonyl (C=O) groups is 3. The Bertz CT molecular complexity index is 626. The predicted octanol–water partition coefficient (Wildman–Crippen LogP) is 0.981. The van der Waals surface area contributed by atoms with Crippen molar-refractivity contribution in [3.63, 3.8) is 0 Å². The van der Waals surface area contributed by atoms with Crippen molar-refractivity contribution in [2.75, 3.05) is 4.90 Å². The molecule has 9 heteroatoms. The van der Waals surface area contributed by atoms with Crippen LogP contribution in [-0.4, -0.2) is 24.1 Å². The van der Waals surface area contributed by atoms with Gasteiger partial charge in [-0.3, -0.25) is 14.9 Å². The molecule has 0 aliphatic carbocycles. The fourth-order valence-electron chi connectivity index (χ4n) is 1.89. The van der Waals surface area contributed by atoms with Crippen LogP contribution in [0.1, 0.15) is 6.42 Å². The second-order valence-corrected chi connectivity index (χ2v) is 4.06. The van der Waals surface area contributed by atoms with Crippen molar-refractivity contribution in [3.05, 3.63) is 18.2 Å². The summed E-state index contributed by atoms with van der Waals surface area (Å²) < 4.78 is 34.2. The van der Waals surface area contributed by atoms with Gasteiger partial charge >= 0.3 is 12.3 Å². The van der Waals surface area contributed by atoms with E-state index in [9.17, 15) is 23.2 Å². The van der Waals surface area contributed by atoms with Gasteiger partial charge in [-0.15, -0.1) is 8.78 Å². The molecule has 0 unspecified atom stereocenters. The van der Waals surface area contributed by atoms with E-state index in [0.29, 0.717) is 4.90 Å². The number of carbonyl (C=O) groups excluding carboxylic acids is 3. The number of anilines is 1. The number of nitrogens with zero attached hydrogens (tertiary/aromatic N) is 1. The maximum Gasteiger partial charge on any atom is 0.586 e. The molecule has 0 atom stereocenters. The molecule has 0 radical (unpaired) electrons. The van der Waals surface area contributed by atoms with Gasteiger partial charge in [-0.05, 0) is 12.1 Å². The Morgan fingerprint density at radius 1 is 1.15 bits per heavy atom. The summed E-state index contributed by atoms with van der Waals surface area (Å²) in [4.78, 5) is 34.9. The smallest absolute Gasteiger partial charge is 0.395 e. The zero-order valence-corrected chi connectivity index (χ0v) is 9.68. The quantitative estimate of drug-likeness (QED) is 0.777. The lowest BCUT2D eigenvalue weighted by Crippen LogP contribution is -2.52. The molecule has 1 aromatic carbocycles. The van der Waals surface area contributed by atoms with Crippen molar-refractivity contribution in [2.45, 2.75) is 12.7 Å². The van der Waals surface area contributed by atoms with E-state index in [1.165, 1.54) is 6.07 Å². The molecule has 1 N–H and O–H groups in total. The van der Waals surface area contributed by atoms with Gasteiger partial charge in [0.1, 0.15) is 6.42 Å². The van der Waals surface area contributed by atoms with E-state index >= 15 is 0 Å². The number of alkyl halides is 2. The lowest BCUT2D eigenvalue weighted by Gasteiger charge is -2.24. The molecule has 1 aromatic rings. The molecule has 0 aromatic heterocycles. The number of urea groups is 1. The van der Waals surface area contributed by atoms with Crippen LogP contribution in [0.2, 0.25) is 0 Å². The van der Waals surface area contributed by atoms with Crippen LogP contribution in [0.15, 0.2) is 18.2 Å². The van der Waals surface area contributed by atoms with E-state index in [4.69, 9.17) is 0 Å². The second kappa shape index (κ2) is 3.89. The number of fused-ring (bicyclic) bond motifs is 1. The summed E-state index contributed by atoms with van der Waals surface area (Å²) in [6, 6.07) is 2.49. The highest BCUT2D eigenvalue weighted by Crippen LogP contribution is 2.43. The summed E-state index contributed by atoms with van der Waals surface area (Å²) in [7, 11) is 0. The molecule has 2 aliphatic rings. The van der Waals surface area contributed by atoms with Crippen molar-refractivity contribution in [1.29, 1.82) is 0 Å². The molecular formula is C11H6F2N2O5. The highest BCUT2D eigenvalue weighted by molar-refractivity contribution is 6.26. The Hall–Kier alpha value is -2.71. The fourth-order valence-corrected chi connectivity index (χ4v) is 1.89. The third kappa shape index (κ3) is 1.92. The third-order valence-electron chi connectivity index (χ3n) is 2.65. The van der Waals surface area contributed by atoms with E-state index in [0.717, 1.165) is 12.1 Å². The van der Waals surface area contributed by atoms with E-state index in [1.54, 1.807) is 0 Å². The Labute approximate surface area is 110 Å². The lowest BCUT2D eigenvalue weighted by atomic mass is 10.2. The number of amides is 4. The van der Waals surface area contributed by atoms with Crippen LogP contribution in [-0.2, 0) is 9.59 Å². The molecular weight excluding hydrogens is 278 g/mol. The molecule has 3 rings (SSSR count). The normalized spacial score (nSPS) is 20.1. The van der Waals surface area contributed by atoms with Gasteiger partial charge in [-0.1, -0.05) is 0 Å². The summed E-state index contributed by atoms with van der Waals surface area (Å²) in [6.45, 7) is 0. The molecule has 0 spiro atoms. The molecule has 1 fully saturated rings. The van der Waals surface area contributed by atoms with Crippen LogP contribution in [0.25, 0.3) is 0 Å². The standard InChI is InChI=1S/C11H6F2N2O5/c12-11(13)19-6-2-1-5(3-7(6)20-11)15-9(17)4-8(16)14-10(15)18/h1-3H,4H2,(H,14,16,18). The van der Waals surface area contributed by atoms with Gasteiger partial charge in [0, 0.05) is 6.07 Å². The number of imide groups is 2.